The molecule has 0 aromatic carbocycles. The van der Waals surface area contributed by atoms with Crippen LogP contribution < -0.4 is 10.2 Å². The van der Waals surface area contributed by atoms with Crippen molar-refractivity contribution < 1.29 is 9.59 Å². The average Bonchev–Trinajstić information content (AvgIpc) is 2.90. The number of anilines is 1. The second-order valence-electron chi connectivity index (χ2n) is 5.82. The van der Waals surface area contributed by atoms with Gasteiger partial charge < -0.3 is 10.2 Å². The van der Waals surface area contributed by atoms with Gasteiger partial charge in [0.1, 0.15) is 5.54 Å². The van der Waals surface area contributed by atoms with E-state index in [0.717, 1.165) is 5.69 Å². The Labute approximate surface area is 125 Å². The molecule has 6 nitrogen and oxygen atoms in total. The van der Waals surface area contributed by atoms with E-state index in [0.29, 0.717) is 25.8 Å². The molecule has 0 spiro atoms. The first kappa shape index (κ1) is 15.5. The molecule has 2 rings (SSSR count). The van der Waals surface area contributed by atoms with Crippen molar-refractivity contribution in [2.75, 3.05) is 11.4 Å². The Bertz CT molecular complexity index is 532. The minimum atomic E-state index is -0.798. The number of amides is 2. The van der Waals surface area contributed by atoms with Gasteiger partial charge in [0.25, 0.3) is 5.91 Å². The first-order chi connectivity index (χ1) is 9.93. The lowest BCUT2D eigenvalue weighted by atomic mass is 9.91. The van der Waals surface area contributed by atoms with Crippen LogP contribution in [0.4, 0.5) is 5.69 Å². The van der Waals surface area contributed by atoms with Gasteiger partial charge in [0.05, 0.1) is 11.9 Å². The van der Waals surface area contributed by atoms with Crippen molar-refractivity contribution in [1.82, 2.24) is 15.1 Å². The molecule has 1 N–H and O–H groups in total. The van der Waals surface area contributed by atoms with Crippen molar-refractivity contribution in [3.8, 4) is 0 Å². The quantitative estimate of drug-likeness (QED) is 0.921. The van der Waals surface area contributed by atoms with Gasteiger partial charge in [0, 0.05) is 25.2 Å². The number of nitrogens with zero attached hydrogens (tertiary/aromatic N) is 3. The third-order valence-electron chi connectivity index (χ3n) is 4.23. The summed E-state index contributed by atoms with van der Waals surface area (Å²) in [6, 6.07) is 0.239. The van der Waals surface area contributed by atoms with Crippen molar-refractivity contribution >= 4 is 17.5 Å². The fraction of sp³-hybridized carbons (Fsp3) is 0.667. The van der Waals surface area contributed by atoms with E-state index in [1.807, 2.05) is 38.6 Å². The van der Waals surface area contributed by atoms with Gasteiger partial charge in [-0.2, -0.15) is 5.10 Å². The topological polar surface area (TPSA) is 67.2 Å². The van der Waals surface area contributed by atoms with Crippen LogP contribution in [0.2, 0.25) is 0 Å². The molecule has 1 aliphatic heterocycles. The molecule has 1 aromatic heterocycles. The molecular weight excluding hydrogens is 268 g/mol. The first-order valence-corrected chi connectivity index (χ1v) is 7.60. The number of carbonyl (C=O) groups excluding carboxylic acids is 2. The van der Waals surface area contributed by atoms with E-state index < -0.39 is 5.54 Å². The van der Waals surface area contributed by atoms with E-state index >= 15 is 0 Å². The van der Waals surface area contributed by atoms with Gasteiger partial charge in [0.2, 0.25) is 5.91 Å². The van der Waals surface area contributed by atoms with Crippen molar-refractivity contribution in [1.29, 1.82) is 0 Å². The lowest BCUT2D eigenvalue weighted by molar-refractivity contribution is -0.130. The minimum absolute atomic E-state index is 0.0401. The molecule has 1 aliphatic rings. The minimum Gasteiger partial charge on any atom is -0.342 e. The predicted molar refractivity (Wildman–Crippen MR) is 81.0 cm³/mol. The van der Waals surface area contributed by atoms with Gasteiger partial charge in [-0.25, -0.2) is 0 Å². The lowest BCUT2D eigenvalue weighted by Crippen LogP contribution is -2.56. The number of hydrogen-bond donors (Lipinski definition) is 1. The van der Waals surface area contributed by atoms with Crippen LogP contribution in [0.5, 0.6) is 0 Å². The standard InChI is InChI=1S/C15H24N4O2/c1-5-15(6-2)14(21)18(8-7-13(20)17-15)12-9-16-19(10-12)11(3)4/h9-11H,5-8H2,1-4H3,(H,17,20). The second kappa shape index (κ2) is 5.87. The molecule has 116 valence electrons. The summed E-state index contributed by atoms with van der Waals surface area (Å²) in [4.78, 5) is 26.6. The molecule has 0 unspecified atom stereocenters. The molecule has 1 aromatic rings. The number of nitrogens with one attached hydrogen (secondary N) is 1. The Hall–Kier alpha value is -1.85. The van der Waals surface area contributed by atoms with E-state index in [4.69, 9.17) is 0 Å². The van der Waals surface area contributed by atoms with Crippen LogP contribution in [0.15, 0.2) is 12.4 Å². The monoisotopic (exact) mass is 292 g/mol. The number of carbonyl (C=O) groups is 2. The average molecular weight is 292 g/mol. The van der Waals surface area contributed by atoms with Crippen molar-refractivity contribution in [3.05, 3.63) is 12.4 Å². The highest BCUT2D eigenvalue weighted by molar-refractivity contribution is 6.04. The molecule has 1 fully saturated rings. The molecular formula is C15H24N4O2. The maximum absolute atomic E-state index is 12.9. The Kier molecular flexibility index (Phi) is 4.34. The van der Waals surface area contributed by atoms with E-state index in [1.54, 1.807) is 11.1 Å². The zero-order chi connectivity index (χ0) is 15.6. The van der Waals surface area contributed by atoms with E-state index in [9.17, 15) is 9.59 Å². The summed E-state index contributed by atoms with van der Waals surface area (Å²) in [5.41, 5.74) is -0.0375. The van der Waals surface area contributed by atoms with Crippen LogP contribution in [-0.4, -0.2) is 33.7 Å². The van der Waals surface area contributed by atoms with Gasteiger partial charge in [-0.15, -0.1) is 0 Å². The molecule has 2 amide bonds. The van der Waals surface area contributed by atoms with Crippen LogP contribution in [0.25, 0.3) is 0 Å². The van der Waals surface area contributed by atoms with Crippen molar-refractivity contribution in [2.24, 2.45) is 0 Å². The highest BCUT2D eigenvalue weighted by atomic mass is 16.2. The van der Waals surface area contributed by atoms with Crippen LogP contribution in [-0.2, 0) is 9.59 Å². The first-order valence-electron chi connectivity index (χ1n) is 7.60. The SMILES string of the molecule is CCC1(CC)NC(=O)CCN(c2cnn(C(C)C)c2)C1=O. The fourth-order valence-electron chi connectivity index (χ4n) is 2.68. The van der Waals surface area contributed by atoms with Crippen molar-refractivity contribution in [2.45, 2.75) is 58.5 Å². The summed E-state index contributed by atoms with van der Waals surface area (Å²) in [6.07, 6.45) is 5.06. The molecule has 21 heavy (non-hydrogen) atoms. The maximum Gasteiger partial charge on any atom is 0.252 e. The van der Waals surface area contributed by atoms with Gasteiger partial charge in [-0.3, -0.25) is 14.3 Å². The Morgan fingerprint density at radius 1 is 1.33 bits per heavy atom. The molecule has 0 saturated carbocycles. The third kappa shape index (κ3) is 2.80. The molecule has 0 atom stereocenters. The molecule has 0 radical (unpaired) electrons. The van der Waals surface area contributed by atoms with Crippen LogP contribution in [0, 0.1) is 0 Å². The van der Waals surface area contributed by atoms with E-state index in [2.05, 4.69) is 10.4 Å². The molecule has 0 aliphatic carbocycles. The highest BCUT2D eigenvalue weighted by Gasteiger charge is 2.42. The summed E-state index contributed by atoms with van der Waals surface area (Å²) in [6.45, 7) is 8.34. The lowest BCUT2D eigenvalue weighted by Gasteiger charge is -2.33. The van der Waals surface area contributed by atoms with Crippen LogP contribution in [0.3, 0.4) is 0 Å². The predicted octanol–water partition coefficient (Wildman–Crippen LogP) is 1.88. The smallest absolute Gasteiger partial charge is 0.252 e. The number of rotatable bonds is 4. The Morgan fingerprint density at radius 3 is 2.52 bits per heavy atom. The number of aromatic nitrogens is 2. The largest absolute Gasteiger partial charge is 0.342 e. The Balaban J connectivity index is 2.37. The summed E-state index contributed by atoms with van der Waals surface area (Å²) in [5, 5.41) is 7.21. The summed E-state index contributed by atoms with van der Waals surface area (Å²) in [5.74, 6) is -0.104. The molecule has 0 bridgehead atoms. The zero-order valence-corrected chi connectivity index (χ0v) is 13.2. The summed E-state index contributed by atoms with van der Waals surface area (Å²) < 4.78 is 1.82. The van der Waals surface area contributed by atoms with E-state index in [-0.39, 0.29) is 17.9 Å². The summed E-state index contributed by atoms with van der Waals surface area (Å²) >= 11 is 0. The third-order valence-corrected chi connectivity index (χ3v) is 4.23. The van der Waals surface area contributed by atoms with Crippen LogP contribution in [0.1, 0.15) is 53.0 Å². The van der Waals surface area contributed by atoms with Gasteiger partial charge in [-0.1, -0.05) is 13.8 Å². The normalized spacial score (nSPS) is 18.8. The van der Waals surface area contributed by atoms with Gasteiger partial charge in [-0.05, 0) is 26.7 Å². The second-order valence-corrected chi connectivity index (χ2v) is 5.82. The fourth-order valence-corrected chi connectivity index (χ4v) is 2.68. The number of hydrogen-bond acceptors (Lipinski definition) is 3. The molecule has 2 heterocycles. The maximum atomic E-state index is 12.9. The van der Waals surface area contributed by atoms with Gasteiger partial charge in [0.15, 0.2) is 0 Å². The zero-order valence-electron chi connectivity index (χ0n) is 13.2. The summed E-state index contributed by atoms with van der Waals surface area (Å²) in [7, 11) is 0. The molecule has 6 heteroatoms. The molecule has 1 saturated heterocycles. The van der Waals surface area contributed by atoms with Crippen LogP contribution >= 0.6 is 0 Å². The van der Waals surface area contributed by atoms with Gasteiger partial charge >= 0.3 is 0 Å². The Morgan fingerprint density at radius 2 is 2.00 bits per heavy atom. The van der Waals surface area contributed by atoms with Crippen molar-refractivity contribution in [3.63, 3.8) is 0 Å². The van der Waals surface area contributed by atoms with E-state index in [1.165, 1.54) is 0 Å². The highest BCUT2D eigenvalue weighted by Crippen LogP contribution is 2.26.